The Morgan fingerprint density at radius 3 is 2.22 bits per heavy atom. The first-order valence-electron chi connectivity index (χ1n) is 8.48. The van der Waals surface area contributed by atoms with Gasteiger partial charge in [0.2, 0.25) is 5.15 Å². The monoisotopic (exact) mass is 409 g/mol. The Bertz CT molecular complexity index is 1080. The van der Waals surface area contributed by atoms with Crippen molar-refractivity contribution in [2.45, 2.75) is 39.5 Å². The first-order valence-corrected chi connectivity index (χ1v) is 9.23. The largest absolute Gasteiger partial charge is 0.709 e. The number of hydrogen-bond acceptors (Lipinski definition) is 3. The van der Waals surface area contributed by atoms with Crippen LogP contribution in [0.1, 0.15) is 50.7 Å². The van der Waals surface area contributed by atoms with Crippen LogP contribution in [0.5, 0.6) is 0 Å². The second-order valence-electron chi connectivity index (χ2n) is 6.93. The van der Waals surface area contributed by atoms with Crippen LogP contribution in [0.15, 0.2) is 29.1 Å². The standard InChI is InChI=1S/C19H18Cl2FN3O2/c1-9(2)11-6-5-7-12(10(3)4)15(11)24-18-13(16(20)23-19(24)26)8-14(22)17(21)25(18)27/h5-10H,1-4H3. The quantitative estimate of drug-likeness (QED) is 0.272. The van der Waals surface area contributed by atoms with Gasteiger partial charge >= 0.3 is 11.3 Å². The Morgan fingerprint density at radius 1 is 1.15 bits per heavy atom. The smallest absolute Gasteiger partial charge is 0.441 e. The number of rotatable bonds is 3. The molecule has 2 heterocycles. The second-order valence-corrected chi connectivity index (χ2v) is 7.65. The summed E-state index contributed by atoms with van der Waals surface area (Å²) in [6.45, 7) is 7.93. The third kappa shape index (κ3) is 3.17. The fraction of sp³-hybridized carbons (Fsp3) is 0.316. The van der Waals surface area contributed by atoms with Crippen molar-refractivity contribution in [1.29, 1.82) is 0 Å². The molecule has 3 rings (SSSR count). The lowest BCUT2D eigenvalue weighted by Gasteiger charge is -2.19. The maximum atomic E-state index is 14.0. The van der Waals surface area contributed by atoms with Crippen LogP contribution in [0.4, 0.5) is 4.39 Å². The number of benzene rings is 1. The van der Waals surface area contributed by atoms with Crippen LogP contribution in [0.25, 0.3) is 16.7 Å². The zero-order valence-electron chi connectivity index (χ0n) is 15.3. The number of para-hydroxylation sites is 1. The summed E-state index contributed by atoms with van der Waals surface area (Å²) in [4.78, 5) is 16.6. The van der Waals surface area contributed by atoms with Crippen LogP contribution in [0.2, 0.25) is 10.3 Å². The minimum atomic E-state index is -0.936. The highest BCUT2D eigenvalue weighted by Gasteiger charge is 2.28. The Kier molecular flexibility index (Phi) is 5.14. The van der Waals surface area contributed by atoms with Gasteiger partial charge in [-0.15, -0.1) is 4.57 Å². The van der Waals surface area contributed by atoms with E-state index in [0.717, 1.165) is 17.2 Å². The van der Waals surface area contributed by atoms with Gasteiger partial charge in [0, 0.05) is 11.1 Å². The van der Waals surface area contributed by atoms with Gasteiger partial charge in [0.25, 0.3) is 0 Å². The average Bonchev–Trinajstić information content (AvgIpc) is 2.60. The molecule has 0 bridgehead atoms. The van der Waals surface area contributed by atoms with Crippen LogP contribution in [0.3, 0.4) is 0 Å². The molecular weight excluding hydrogens is 392 g/mol. The fourth-order valence-corrected chi connectivity index (χ4v) is 3.52. The summed E-state index contributed by atoms with van der Waals surface area (Å²) in [5.41, 5.74) is 1.38. The normalized spacial score (nSPS) is 11.7. The Hall–Kier alpha value is -2.18. The van der Waals surface area contributed by atoms with Crippen molar-refractivity contribution in [3.63, 3.8) is 0 Å². The minimum absolute atomic E-state index is 0.0152. The van der Waals surface area contributed by atoms with E-state index in [1.807, 2.05) is 45.9 Å². The summed E-state index contributed by atoms with van der Waals surface area (Å²) in [7, 11) is 0. The molecule has 0 aliphatic rings. The number of pyridine rings is 1. The molecule has 0 saturated carbocycles. The number of fused-ring (bicyclic) bond motifs is 1. The van der Waals surface area contributed by atoms with Gasteiger partial charge in [0.15, 0.2) is 11.0 Å². The third-order valence-electron chi connectivity index (χ3n) is 4.46. The van der Waals surface area contributed by atoms with Crippen molar-refractivity contribution in [3.8, 4) is 5.69 Å². The molecule has 0 aliphatic carbocycles. The summed E-state index contributed by atoms with van der Waals surface area (Å²) in [5.74, 6) is -0.811. The van der Waals surface area contributed by atoms with Crippen molar-refractivity contribution in [2.24, 2.45) is 0 Å². The molecule has 0 amide bonds. The molecule has 0 unspecified atom stereocenters. The van der Waals surface area contributed by atoms with Crippen molar-refractivity contribution < 1.29 is 9.12 Å². The topological polar surface area (TPSA) is 61.8 Å². The first-order chi connectivity index (χ1) is 12.6. The molecule has 0 saturated heterocycles. The number of nitrogens with zero attached hydrogens (tertiary/aromatic N) is 3. The first kappa shape index (κ1) is 19.6. The van der Waals surface area contributed by atoms with Gasteiger partial charge in [-0.05, 0) is 29.5 Å². The predicted octanol–water partition coefficient (Wildman–Crippen LogP) is 4.71. The molecule has 0 radical (unpaired) electrons. The Morgan fingerprint density at radius 2 is 1.70 bits per heavy atom. The van der Waals surface area contributed by atoms with Crippen LogP contribution < -0.4 is 10.4 Å². The van der Waals surface area contributed by atoms with Crippen molar-refractivity contribution >= 4 is 34.2 Å². The maximum Gasteiger partial charge on any atom is 0.441 e. The van der Waals surface area contributed by atoms with E-state index in [0.29, 0.717) is 5.69 Å². The van der Waals surface area contributed by atoms with Crippen molar-refractivity contribution in [2.75, 3.05) is 0 Å². The summed E-state index contributed by atoms with van der Waals surface area (Å²) < 4.78 is 15.4. The number of aromatic nitrogens is 3. The molecule has 142 valence electrons. The highest BCUT2D eigenvalue weighted by Crippen LogP contribution is 2.32. The zero-order chi connectivity index (χ0) is 20.0. The second kappa shape index (κ2) is 7.09. The van der Waals surface area contributed by atoms with Gasteiger partial charge in [-0.25, -0.2) is 13.9 Å². The Balaban J connectivity index is 2.62. The van der Waals surface area contributed by atoms with E-state index >= 15 is 0 Å². The lowest BCUT2D eigenvalue weighted by molar-refractivity contribution is -0.579. The van der Waals surface area contributed by atoms with Crippen LogP contribution in [-0.4, -0.2) is 9.55 Å². The molecule has 0 spiro atoms. The van der Waals surface area contributed by atoms with E-state index in [2.05, 4.69) is 4.98 Å². The van der Waals surface area contributed by atoms with Crippen LogP contribution in [-0.2, 0) is 0 Å². The molecule has 1 aromatic carbocycles. The summed E-state index contributed by atoms with van der Waals surface area (Å²) in [5, 5.41) is 11.8. The van der Waals surface area contributed by atoms with Gasteiger partial charge in [-0.2, -0.15) is 4.98 Å². The SMILES string of the molecule is CC(C)c1cccc(C(C)C)c1-n1c(=O)nc(Cl)c2cc(F)c(Cl)[n+]([O-])c21. The van der Waals surface area contributed by atoms with Crippen LogP contribution in [0, 0.1) is 11.0 Å². The molecule has 27 heavy (non-hydrogen) atoms. The van der Waals surface area contributed by atoms with Gasteiger partial charge in [0.1, 0.15) is 11.1 Å². The highest BCUT2D eigenvalue weighted by molar-refractivity contribution is 6.34. The maximum absolute atomic E-state index is 14.0. The number of halogens is 3. The van der Waals surface area contributed by atoms with E-state index in [-0.39, 0.29) is 32.8 Å². The van der Waals surface area contributed by atoms with Gasteiger partial charge in [-0.3, -0.25) is 0 Å². The molecule has 0 atom stereocenters. The van der Waals surface area contributed by atoms with Crippen molar-refractivity contribution in [3.05, 3.63) is 67.2 Å². The van der Waals surface area contributed by atoms with Gasteiger partial charge < -0.3 is 5.21 Å². The lowest BCUT2D eigenvalue weighted by atomic mass is 9.92. The average molecular weight is 410 g/mol. The summed E-state index contributed by atoms with van der Waals surface area (Å²) >= 11 is 11.9. The van der Waals surface area contributed by atoms with Gasteiger partial charge in [0.05, 0.1) is 0 Å². The molecular formula is C19H18Cl2FN3O2. The fourth-order valence-electron chi connectivity index (χ4n) is 3.17. The minimum Gasteiger partial charge on any atom is -0.709 e. The summed E-state index contributed by atoms with van der Waals surface area (Å²) in [6.07, 6.45) is 0. The Labute approximate surface area is 165 Å². The molecule has 0 N–H and O–H groups in total. The van der Waals surface area contributed by atoms with E-state index in [4.69, 9.17) is 23.2 Å². The predicted molar refractivity (Wildman–Crippen MR) is 104 cm³/mol. The molecule has 3 aromatic rings. The molecule has 5 nitrogen and oxygen atoms in total. The lowest BCUT2D eigenvalue weighted by Crippen LogP contribution is -2.38. The van der Waals surface area contributed by atoms with Crippen LogP contribution >= 0.6 is 23.2 Å². The van der Waals surface area contributed by atoms with E-state index < -0.39 is 16.7 Å². The summed E-state index contributed by atoms with van der Waals surface area (Å²) in [6, 6.07) is 6.70. The molecule has 0 aliphatic heterocycles. The van der Waals surface area contributed by atoms with Crippen molar-refractivity contribution in [1.82, 2.24) is 9.55 Å². The number of hydrogen-bond donors (Lipinski definition) is 0. The molecule has 2 aromatic heterocycles. The van der Waals surface area contributed by atoms with Gasteiger partial charge in [-0.1, -0.05) is 57.5 Å². The van der Waals surface area contributed by atoms with E-state index in [1.165, 1.54) is 4.57 Å². The molecule has 0 fully saturated rings. The van der Waals surface area contributed by atoms with E-state index in [1.54, 1.807) is 0 Å². The molecule has 8 heteroatoms. The third-order valence-corrected chi connectivity index (χ3v) is 5.09. The highest BCUT2D eigenvalue weighted by atomic mass is 35.5. The van der Waals surface area contributed by atoms with E-state index in [9.17, 15) is 14.4 Å². The zero-order valence-corrected chi connectivity index (χ0v) is 16.8.